The zero-order valence-electron chi connectivity index (χ0n) is 14.0. The fraction of sp³-hybridized carbons (Fsp3) is 0.250. The number of hydrogen-bond acceptors (Lipinski definition) is 5. The number of rotatable bonds is 5. The SMILES string of the molecule is c1ccc(CN2CC[C@@H](c3ccnc(Nc4ccccn4)n3)C2)cc1. The van der Waals surface area contributed by atoms with Gasteiger partial charge in [-0.25, -0.2) is 15.0 Å². The van der Waals surface area contributed by atoms with Crippen LogP contribution in [-0.4, -0.2) is 32.9 Å². The highest BCUT2D eigenvalue weighted by atomic mass is 15.2. The molecule has 0 aliphatic carbocycles. The van der Waals surface area contributed by atoms with Crippen LogP contribution in [0.15, 0.2) is 67.0 Å². The molecule has 0 unspecified atom stereocenters. The molecule has 2 aromatic heterocycles. The zero-order chi connectivity index (χ0) is 16.9. The van der Waals surface area contributed by atoms with Crippen LogP contribution in [0.4, 0.5) is 11.8 Å². The molecule has 1 saturated heterocycles. The number of nitrogens with one attached hydrogen (secondary N) is 1. The van der Waals surface area contributed by atoms with E-state index in [1.165, 1.54) is 5.56 Å². The average molecular weight is 331 g/mol. The molecule has 0 bridgehead atoms. The Bertz CT molecular complexity index is 807. The summed E-state index contributed by atoms with van der Waals surface area (Å²) < 4.78 is 0. The lowest BCUT2D eigenvalue weighted by Crippen LogP contribution is -2.20. The standard InChI is InChI=1S/C20H21N5/c1-2-6-16(7-3-1)14-25-13-10-17(15-25)18-9-12-22-20(23-18)24-19-8-4-5-11-21-19/h1-9,11-12,17H,10,13-15H2,(H,21,22,23,24)/t17-/m1/s1. The van der Waals surface area contributed by atoms with Gasteiger partial charge in [0.25, 0.3) is 0 Å². The molecule has 1 aromatic carbocycles. The molecule has 1 atom stereocenters. The maximum Gasteiger partial charge on any atom is 0.228 e. The van der Waals surface area contributed by atoms with Gasteiger partial charge in [0, 0.05) is 31.4 Å². The molecule has 126 valence electrons. The zero-order valence-corrected chi connectivity index (χ0v) is 14.0. The molecule has 5 nitrogen and oxygen atoms in total. The van der Waals surface area contributed by atoms with Crippen LogP contribution in [0.5, 0.6) is 0 Å². The Kier molecular flexibility index (Phi) is 4.65. The third-order valence-corrected chi connectivity index (χ3v) is 4.52. The van der Waals surface area contributed by atoms with E-state index in [2.05, 4.69) is 50.5 Å². The van der Waals surface area contributed by atoms with Crippen molar-refractivity contribution in [2.75, 3.05) is 18.4 Å². The van der Waals surface area contributed by atoms with Gasteiger partial charge in [-0.15, -0.1) is 0 Å². The predicted molar refractivity (Wildman–Crippen MR) is 98.6 cm³/mol. The van der Waals surface area contributed by atoms with Crippen molar-refractivity contribution in [2.24, 2.45) is 0 Å². The molecule has 1 aliphatic rings. The summed E-state index contributed by atoms with van der Waals surface area (Å²) in [6.45, 7) is 3.14. The first-order chi connectivity index (χ1) is 12.4. The smallest absolute Gasteiger partial charge is 0.228 e. The number of hydrogen-bond donors (Lipinski definition) is 1. The molecule has 0 radical (unpaired) electrons. The van der Waals surface area contributed by atoms with Crippen LogP contribution in [0.2, 0.25) is 0 Å². The van der Waals surface area contributed by atoms with Crippen LogP contribution >= 0.6 is 0 Å². The lowest BCUT2D eigenvalue weighted by atomic mass is 10.1. The molecule has 25 heavy (non-hydrogen) atoms. The van der Waals surface area contributed by atoms with Crippen LogP contribution in [0.25, 0.3) is 0 Å². The second-order valence-corrected chi connectivity index (χ2v) is 6.35. The van der Waals surface area contributed by atoms with Gasteiger partial charge < -0.3 is 5.32 Å². The number of aromatic nitrogens is 3. The van der Waals surface area contributed by atoms with E-state index in [0.717, 1.165) is 37.6 Å². The molecular formula is C20H21N5. The molecule has 5 heteroatoms. The lowest BCUT2D eigenvalue weighted by Gasteiger charge is -2.16. The Labute approximate surface area is 147 Å². The van der Waals surface area contributed by atoms with Gasteiger partial charge in [0.2, 0.25) is 5.95 Å². The largest absolute Gasteiger partial charge is 0.309 e. The van der Waals surface area contributed by atoms with Gasteiger partial charge in [-0.2, -0.15) is 0 Å². The quantitative estimate of drug-likeness (QED) is 0.774. The third-order valence-electron chi connectivity index (χ3n) is 4.52. The van der Waals surface area contributed by atoms with E-state index < -0.39 is 0 Å². The van der Waals surface area contributed by atoms with E-state index in [-0.39, 0.29) is 0 Å². The van der Waals surface area contributed by atoms with E-state index in [9.17, 15) is 0 Å². The molecule has 3 aromatic rings. The highest BCUT2D eigenvalue weighted by Gasteiger charge is 2.25. The molecular weight excluding hydrogens is 310 g/mol. The van der Waals surface area contributed by atoms with Crippen molar-refractivity contribution in [3.05, 3.63) is 78.2 Å². The molecule has 1 aliphatic heterocycles. The number of likely N-dealkylation sites (tertiary alicyclic amines) is 1. The maximum absolute atomic E-state index is 4.70. The van der Waals surface area contributed by atoms with Crippen molar-refractivity contribution in [1.82, 2.24) is 19.9 Å². The number of nitrogens with zero attached hydrogens (tertiary/aromatic N) is 4. The van der Waals surface area contributed by atoms with E-state index in [0.29, 0.717) is 11.9 Å². The normalized spacial score (nSPS) is 17.5. The monoisotopic (exact) mass is 331 g/mol. The summed E-state index contributed by atoms with van der Waals surface area (Å²) in [5.41, 5.74) is 2.47. The van der Waals surface area contributed by atoms with E-state index in [1.807, 2.05) is 30.5 Å². The van der Waals surface area contributed by atoms with Gasteiger partial charge >= 0.3 is 0 Å². The number of anilines is 2. The Morgan fingerprint density at radius 2 is 1.84 bits per heavy atom. The molecule has 1 N–H and O–H groups in total. The van der Waals surface area contributed by atoms with Gasteiger partial charge in [-0.1, -0.05) is 36.4 Å². The Morgan fingerprint density at radius 3 is 2.68 bits per heavy atom. The molecule has 0 spiro atoms. The number of benzene rings is 1. The average Bonchev–Trinajstić information content (AvgIpc) is 3.12. The summed E-state index contributed by atoms with van der Waals surface area (Å²) in [5, 5.41) is 3.17. The van der Waals surface area contributed by atoms with E-state index in [4.69, 9.17) is 4.98 Å². The second kappa shape index (κ2) is 7.40. The molecule has 1 fully saturated rings. The third kappa shape index (κ3) is 4.00. The second-order valence-electron chi connectivity index (χ2n) is 6.35. The Balaban J connectivity index is 1.41. The van der Waals surface area contributed by atoms with Crippen LogP contribution < -0.4 is 5.32 Å². The minimum atomic E-state index is 0.455. The van der Waals surface area contributed by atoms with Gasteiger partial charge in [0.05, 0.1) is 5.69 Å². The van der Waals surface area contributed by atoms with Crippen molar-refractivity contribution in [3.63, 3.8) is 0 Å². The first kappa shape index (κ1) is 15.7. The van der Waals surface area contributed by atoms with Gasteiger partial charge in [-0.05, 0) is 36.7 Å². The Morgan fingerprint density at radius 1 is 0.960 bits per heavy atom. The fourth-order valence-electron chi connectivity index (χ4n) is 3.27. The van der Waals surface area contributed by atoms with Gasteiger partial charge in [0.15, 0.2) is 0 Å². The van der Waals surface area contributed by atoms with E-state index in [1.54, 1.807) is 6.20 Å². The van der Waals surface area contributed by atoms with E-state index >= 15 is 0 Å². The first-order valence-electron chi connectivity index (χ1n) is 8.64. The Hall–Kier alpha value is -2.79. The van der Waals surface area contributed by atoms with Gasteiger partial charge in [-0.3, -0.25) is 4.90 Å². The van der Waals surface area contributed by atoms with Crippen molar-refractivity contribution in [1.29, 1.82) is 0 Å². The molecule has 3 heterocycles. The topological polar surface area (TPSA) is 53.9 Å². The minimum Gasteiger partial charge on any atom is -0.309 e. The summed E-state index contributed by atoms with van der Waals surface area (Å²) in [6.07, 6.45) is 4.71. The summed E-state index contributed by atoms with van der Waals surface area (Å²) >= 11 is 0. The summed E-state index contributed by atoms with van der Waals surface area (Å²) in [5.74, 6) is 1.82. The molecule has 0 amide bonds. The lowest BCUT2D eigenvalue weighted by molar-refractivity contribution is 0.326. The summed E-state index contributed by atoms with van der Waals surface area (Å²) in [6, 6.07) is 18.4. The van der Waals surface area contributed by atoms with Crippen LogP contribution in [0, 0.1) is 0 Å². The molecule has 0 saturated carbocycles. The van der Waals surface area contributed by atoms with Crippen LogP contribution in [0.1, 0.15) is 23.6 Å². The summed E-state index contributed by atoms with van der Waals surface area (Å²) in [7, 11) is 0. The maximum atomic E-state index is 4.70. The van der Waals surface area contributed by atoms with Crippen molar-refractivity contribution >= 4 is 11.8 Å². The van der Waals surface area contributed by atoms with Gasteiger partial charge in [0.1, 0.15) is 5.82 Å². The van der Waals surface area contributed by atoms with Crippen LogP contribution in [0.3, 0.4) is 0 Å². The van der Waals surface area contributed by atoms with Crippen LogP contribution in [-0.2, 0) is 6.54 Å². The highest BCUT2D eigenvalue weighted by Crippen LogP contribution is 2.27. The summed E-state index contributed by atoms with van der Waals surface area (Å²) in [4.78, 5) is 15.8. The van der Waals surface area contributed by atoms with Crippen molar-refractivity contribution in [3.8, 4) is 0 Å². The predicted octanol–water partition coefficient (Wildman–Crippen LogP) is 3.60. The molecule has 4 rings (SSSR count). The minimum absolute atomic E-state index is 0.455. The first-order valence-corrected chi connectivity index (χ1v) is 8.64. The fourth-order valence-corrected chi connectivity index (χ4v) is 3.27. The number of pyridine rings is 1. The van der Waals surface area contributed by atoms with Crippen molar-refractivity contribution in [2.45, 2.75) is 18.9 Å². The van der Waals surface area contributed by atoms with Crippen molar-refractivity contribution < 1.29 is 0 Å². The highest BCUT2D eigenvalue weighted by molar-refractivity contribution is 5.46.